The Morgan fingerprint density at radius 3 is 2.74 bits per heavy atom. The van der Waals surface area contributed by atoms with Crippen LogP contribution in [0.3, 0.4) is 0 Å². The van der Waals surface area contributed by atoms with Crippen molar-refractivity contribution in [1.29, 1.82) is 0 Å². The van der Waals surface area contributed by atoms with Gasteiger partial charge >= 0.3 is 0 Å². The molecule has 0 heterocycles. The second-order valence-electron chi connectivity index (χ2n) is 5.40. The minimum Gasteiger partial charge on any atom is -0.381 e. The maximum Gasteiger partial charge on any atom is 0.292 e. The van der Waals surface area contributed by atoms with E-state index in [0.717, 1.165) is 18.6 Å². The summed E-state index contributed by atoms with van der Waals surface area (Å²) >= 11 is 0. The number of rotatable bonds is 4. The van der Waals surface area contributed by atoms with Crippen LogP contribution in [0.2, 0.25) is 0 Å². The van der Waals surface area contributed by atoms with Crippen molar-refractivity contribution in [2.75, 3.05) is 12.4 Å². The molecule has 2 atom stereocenters. The maximum atomic E-state index is 13.2. The fraction of sp³-hybridized carbons (Fsp3) is 0.538. The molecular formula is C13H17FN2O3. The number of benzene rings is 1. The van der Waals surface area contributed by atoms with Crippen molar-refractivity contribution in [3.63, 3.8) is 0 Å². The Hall–Kier alpha value is -1.69. The van der Waals surface area contributed by atoms with Gasteiger partial charge in [0.05, 0.1) is 11.0 Å². The van der Waals surface area contributed by atoms with Gasteiger partial charge in [0.15, 0.2) is 0 Å². The molecule has 1 N–H and O–H groups in total. The van der Waals surface area contributed by atoms with Gasteiger partial charge in [-0.05, 0) is 12.5 Å². The summed E-state index contributed by atoms with van der Waals surface area (Å²) in [7, 11) is 1.65. The SMILES string of the molecule is COC1CC(Nc2cc(F)ccc2[N+](=O)[O-])C1(C)C. The Morgan fingerprint density at radius 1 is 1.53 bits per heavy atom. The van der Waals surface area contributed by atoms with Crippen molar-refractivity contribution in [2.45, 2.75) is 32.4 Å². The number of halogens is 1. The highest BCUT2D eigenvalue weighted by atomic mass is 19.1. The quantitative estimate of drug-likeness (QED) is 0.673. The highest BCUT2D eigenvalue weighted by Crippen LogP contribution is 2.44. The molecule has 1 aromatic rings. The molecule has 0 radical (unpaired) electrons. The van der Waals surface area contributed by atoms with Gasteiger partial charge in [-0.25, -0.2) is 4.39 Å². The van der Waals surface area contributed by atoms with Crippen LogP contribution < -0.4 is 5.32 Å². The molecule has 1 aliphatic carbocycles. The number of anilines is 1. The van der Waals surface area contributed by atoms with Crippen LogP contribution in [0, 0.1) is 21.3 Å². The fourth-order valence-corrected chi connectivity index (χ4v) is 2.50. The third-order valence-corrected chi connectivity index (χ3v) is 3.95. The van der Waals surface area contributed by atoms with Crippen molar-refractivity contribution in [1.82, 2.24) is 0 Å². The van der Waals surface area contributed by atoms with E-state index in [0.29, 0.717) is 0 Å². The highest BCUT2D eigenvalue weighted by Gasteiger charge is 2.49. The van der Waals surface area contributed by atoms with Gasteiger partial charge in [0.1, 0.15) is 11.5 Å². The van der Waals surface area contributed by atoms with Gasteiger partial charge in [0.25, 0.3) is 5.69 Å². The number of hydrogen-bond donors (Lipinski definition) is 1. The molecule has 0 saturated heterocycles. The van der Waals surface area contributed by atoms with Crippen LogP contribution in [0.25, 0.3) is 0 Å². The molecule has 104 valence electrons. The monoisotopic (exact) mass is 268 g/mol. The van der Waals surface area contributed by atoms with Crippen LogP contribution in [0.4, 0.5) is 15.8 Å². The van der Waals surface area contributed by atoms with E-state index >= 15 is 0 Å². The lowest BCUT2D eigenvalue weighted by molar-refractivity contribution is -0.384. The van der Waals surface area contributed by atoms with E-state index in [1.807, 2.05) is 13.8 Å². The van der Waals surface area contributed by atoms with Gasteiger partial charge in [-0.3, -0.25) is 10.1 Å². The number of ether oxygens (including phenoxy) is 1. The van der Waals surface area contributed by atoms with E-state index in [1.165, 1.54) is 6.07 Å². The standard InChI is InChI=1S/C13H17FN2O3/c1-13(2)11(7-12(13)19-3)15-9-6-8(14)4-5-10(9)16(17)18/h4-6,11-12,15H,7H2,1-3H3. The van der Waals surface area contributed by atoms with Crippen LogP contribution in [-0.4, -0.2) is 24.2 Å². The van der Waals surface area contributed by atoms with E-state index in [9.17, 15) is 14.5 Å². The average molecular weight is 268 g/mol. The Bertz CT molecular complexity index is 505. The van der Waals surface area contributed by atoms with Gasteiger partial charge in [0, 0.05) is 30.7 Å². The van der Waals surface area contributed by atoms with Crippen molar-refractivity contribution in [3.05, 3.63) is 34.1 Å². The van der Waals surface area contributed by atoms with Crippen molar-refractivity contribution < 1.29 is 14.1 Å². The van der Waals surface area contributed by atoms with Crippen LogP contribution in [0.15, 0.2) is 18.2 Å². The molecule has 1 fully saturated rings. The number of nitro groups is 1. The first-order chi connectivity index (χ1) is 8.86. The lowest BCUT2D eigenvalue weighted by Gasteiger charge is -2.51. The van der Waals surface area contributed by atoms with E-state index in [-0.39, 0.29) is 28.9 Å². The summed E-state index contributed by atoms with van der Waals surface area (Å²) in [5.41, 5.74) is -0.0368. The molecule has 1 aliphatic rings. The van der Waals surface area contributed by atoms with Gasteiger partial charge in [0.2, 0.25) is 0 Å². The van der Waals surface area contributed by atoms with E-state index in [1.54, 1.807) is 7.11 Å². The van der Waals surface area contributed by atoms with Gasteiger partial charge < -0.3 is 10.1 Å². The molecule has 0 amide bonds. The minimum absolute atomic E-state index is 0.0259. The number of methoxy groups -OCH3 is 1. The summed E-state index contributed by atoms with van der Waals surface area (Å²) in [4.78, 5) is 10.4. The van der Waals surface area contributed by atoms with Crippen molar-refractivity contribution in [3.8, 4) is 0 Å². The van der Waals surface area contributed by atoms with Crippen LogP contribution >= 0.6 is 0 Å². The zero-order valence-corrected chi connectivity index (χ0v) is 11.1. The largest absolute Gasteiger partial charge is 0.381 e. The molecule has 0 aromatic heterocycles. The molecule has 1 saturated carbocycles. The molecule has 5 nitrogen and oxygen atoms in total. The average Bonchev–Trinajstić information content (AvgIpc) is 2.33. The zero-order chi connectivity index (χ0) is 14.2. The number of nitro benzene ring substituents is 1. The molecule has 0 aliphatic heterocycles. The summed E-state index contributed by atoms with van der Waals surface area (Å²) < 4.78 is 18.6. The second kappa shape index (κ2) is 4.77. The number of nitrogens with zero attached hydrogens (tertiary/aromatic N) is 1. The first kappa shape index (κ1) is 13.7. The highest BCUT2D eigenvalue weighted by molar-refractivity contribution is 5.62. The van der Waals surface area contributed by atoms with Crippen LogP contribution in [0.5, 0.6) is 0 Å². The zero-order valence-electron chi connectivity index (χ0n) is 11.1. The predicted molar refractivity (Wildman–Crippen MR) is 69.7 cm³/mol. The Morgan fingerprint density at radius 2 is 2.21 bits per heavy atom. The van der Waals surface area contributed by atoms with Crippen molar-refractivity contribution >= 4 is 11.4 Å². The topological polar surface area (TPSA) is 64.4 Å². The molecule has 6 heteroatoms. The molecule has 2 rings (SSSR count). The van der Waals surface area contributed by atoms with Crippen LogP contribution in [0.1, 0.15) is 20.3 Å². The minimum atomic E-state index is -0.513. The third-order valence-electron chi connectivity index (χ3n) is 3.95. The molecule has 0 spiro atoms. The summed E-state index contributed by atoms with van der Waals surface area (Å²) in [6.07, 6.45) is 0.856. The Balaban J connectivity index is 2.21. The second-order valence-corrected chi connectivity index (χ2v) is 5.40. The summed E-state index contributed by atoms with van der Waals surface area (Å²) in [6, 6.07) is 3.46. The van der Waals surface area contributed by atoms with E-state index in [2.05, 4.69) is 5.32 Å². The maximum absolute atomic E-state index is 13.2. The van der Waals surface area contributed by atoms with E-state index < -0.39 is 10.7 Å². The summed E-state index contributed by atoms with van der Waals surface area (Å²) in [6.45, 7) is 4.04. The third kappa shape index (κ3) is 2.40. The van der Waals surface area contributed by atoms with Crippen LogP contribution in [-0.2, 0) is 4.74 Å². The summed E-state index contributed by atoms with van der Waals surface area (Å²) in [5.74, 6) is -0.492. The first-order valence-electron chi connectivity index (χ1n) is 6.09. The Kier molecular flexibility index (Phi) is 3.45. The lowest BCUT2D eigenvalue weighted by Crippen LogP contribution is -2.57. The molecule has 1 aromatic carbocycles. The molecule has 19 heavy (non-hydrogen) atoms. The summed E-state index contributed by atoms with van der Waals surface area (Å²) in [5, 5.41) is 14.0. The molecular weight excluding hydrogens is 251 g/mol. The van der Waals surface area contributed by atoms with E-state index in [4.69, 9.17) is 4.74 Å². The van der Waals surface area contributed by atoms with Gasteiger partial charge in [-0.15, -0.1) is 0 Å². The first-order valence-corrected chi connectivity index (χ1v) is 6.09. The smallest absolute Gasteiger partial charge is 0.292 e. The number of nitrogens with one attached hydrogen (secondary N) is 1. The van der Waals surface area contributed by atoms with Gasteiger partial charge in [-0.2, -0.15) is 0 Å². The number of hydrogen-bond acceptors (Lipinski definition) is 4. The van der Waals surface area contributed by atoms with Crippen molar-refractivity contribution in [2.24, 2.45) is 5.41 Å². The molecule has 0 bridgehead atoms. The molecule has 2 unspecified atom stereocenters. The predicted octanol–water partition coefficient (Wildman–Crippen LogP) is 2.96. The Labute approximate surface area is 110 Å². The van der Waals surface area contributed by atoms with Gasteiger partial charge in [-0.1, -0.05) is 13.8 Å². The normalized spacial score (nSPS) is 24.6. The lowest BCUT2D eigenvalue weighted by atomic mass is 9.64. The fourth-order valence-electron chi connectivity index (χ4n) is 2.50.